The predicted molar refractivity (Wildman–Crippen MR) is 104 cm³/mol. The molecule has 1 aromatic heterocycles. The molecule has 1 heterocycles. The minimum absolute atomic E-state index is 0.0320. The van der Waals surface area contributed by atoms with Gasteiger partial charge in [-0.05, 0) is 50.2 Å². The third-order valence-corrected chi connectivity index (χ3v) is 4.03. The van der Waals surface area contributed by atoms with Gasteiger partial charge in [-0.2, -0.15) is 10.2 Å². The molecule has 0 aliphatic carbocycles. The zero-order chi connectivity index (χ0) is 19.2. The first-order chi connectivity index (χ1) is 13.0. The lowest BCUT2D eigenvalue weighted by Crippen LogP contribution is -2.25. The van der Waals surface area contributed by atoms with Gasteiger partial charge >= 0.3 is 0 Å². The Balaban J connectivity index is 1.60. The summed E-state index contributed by atoms with van der Waals surface area (Å²) in [5, 5.41) is 11.4. The van der Waals surface area contributed by atoms with Gasteiger partial charge in [-0.3, -0.25) is 4.79 Å². The predicted octanol–water partition coefficient (Wildman–Crippen LogP) is 3.19. The van der Waals surface area contributed by atoms with Crippen LogP contribution in [0.25, 0.3) is 5.69 Å². The van der Waals surface area contributed by atoms with Crippen molar-refractivity contribution in [2.75, 3.05) is 11.9 Å². The number of rotatable bonds is 6. The number of nitrogens with one attached hydrogen (secondary N) is 2. The largest absolute Gasteiger partial charge is 0.376 e. The summed E-state index contributed by atoms with van der Waals surface area (Å²) in [5.74, 6) is -0.627. The second-order valence-electron chi connectivity index (χ2n) is 5.99. The first-order valence-corrected chi connectivity index (χ1v) is 8.47. The number of nitrogens with zero attached hydrogens (tertiary/aromatic N) is 3. The summed E-state index contributed by atoms with van der Waals surface area (Å²) in [7, 11) is 0. The Bertz CT molecular complexity index is 949. The van der Waals surface area contributed by atoms with Crippen LogP contribution in [0.3, 0.4) is 0 Å². The summed E-state index contributed by atoms with van der Waals surface area (Å²) in [4.78, 5) is 11.9. The van der Waals surface area contributed by atoms with E-state index in [0.29, 0.717) is 5.69 Å². The number of hydrogen-bond acceptors (Lipinski definition) is 4. The maximum atomic E-state index is 12.9. The Morgan fingerprint density at radius 1 is 1.15 bits per heavy atom. The van der Waals surface area contributed by atoms with E-state index in [2.05, 4.69) is 20.9 Å². The number of hydrogen-bond donors (Lipinski definition) is 2. The topological polar surface area (TPSA) is 71.3 Å². The fourth-order valence-electron chi connectivity index (χ4n) is 2.62. The van der Waals surface area contributed by atoms with Crippen molar-refractivity contribution < 1.29 is 9.18 Å². The molecule has 2 aromatic carbocycles. The van der Waals surface area contributed by atoms with E-state index in [1.807, 2.05) is 48.9 Å². The minimum Gasteiger partial charge on any atom is -0.376 e. The molecule has 0 bridgehead atoms. The first kappa shape index (κ1) is 18.3. The van der Waals surface area contributed by atoms with Crippen molar-refractivity contribution in [3.8, 4) is 5.69 Å². The Labute approximate surface area is 156 Å². The van der Waals surface area contributed by atoms with E-state index in [9.17, 15) is 9.18 Å². The van der Waals surface area contributed by atoms with Gasteiger partial charge < -0.3 is 5.32 Å². The van der Waals surface area contributed by atoms with Gasteiger partial charge in [0.1, 0.15) is 5.82 Å². The number of para-hydroxylation sites is 1. The van der Waals surface area contributed by atoms with Crippen molar-refractivity contribution >= 4 is 17.8 Å². The summed E-state index contributed by atoms with van der Waals surface area (Å²) in [6, 6.07) is 15.6. The number of hydrazone groups is 1. The highest BCUT2D eigenvalue weighted by atomic mass is 19.1. The standard InChI is InChI=1S/C20H20FN5O/c1-14-19(15(2)26(25-14)18-6-4-3-5-7-18)12-23-24-20(27)13-22-17-10-8-16(21)9-11-17/h3-12,22H,13H2,1-2H3,(H,24,27). The lowest BCUT2D eigenvalue weighted by atomic mass is 10.2. The third-order valence-electron chi connectivity index (χ3n) is 4.03. The number of halogens is 1. The lowest BCUT2D eigenvalue weighted by Gasteiger charge is -2.05. The molecular weight excluding hydrogens is 345 g/mol. The van der Waals surface area contributed by atoms with Crippen LogP contribution >= 0.6 is 0 Å². The molecule has 0 radical (unpaired) electrons. The molecule has 1 amide bonds. The minimum atomic E-state index is -0.323. The van der Waals surface area contributed by atoms with E-state index in [1.54, 1.807) is 18.3 Å². The van der Waals surface area contributed by atoms with Gasteiger partial charge in [0.2, 0.25) is 0 Å². The summed E-state index contributed by atoms with van der Waals surface area (Å²) in [6.07, 6.45) is 1.59. The summed E-state index contributed by atoms with van der Waals surface area (Å²) in [5.41, 5.74) is 6.70. The first-order valence-electron chi connectivity index (χ1n) is 8.47. The monoisotopic (exact) mass is 365 g/mol. The number of carbonyl (C=O) groups excluding carboxylic acids is 1. The summed E-state index contributed by atoms with van der Waals surface area (Å²) >= 11 is 0. The molecule has 0 spiro atoms. The highest BCUT2D eigenvalue weighted by molar-refractivity contribution is 5.86. The molecule has 6 nitrogen and oxygen atoms in total. The average molecular weight is 365 g/mol. The smallest absolute Gasteiger partial charge is 0.259 e. The van der Waals surface area contributed by atoms with Crippen LogP contribution < -0.4 is 10.7 Å². The number of aromatic nitrogens is 2. The zero-order valence-corrected chi connectivity index (χ0v) is 15.1. The molecule has 3 aromatic rings. The van der Waals surface area contributed by atoms with Crippen molar-refractivity contribution in [3.63, 3.8) is 0 Å². The Morgan fingerprint density at radius 3 is 2.56 bits per heavy atom. The Hall–Kier alpha value is -3.48. The van der Waals surface area contributed by atoms with Crippen LogP contribution in [0, 0.1) is 19.7 Å². The fraction of sp³-hybridized carbons (Fsp3) is 0.150. The molecule has 7 heteroatoms. The van der Waals surface area contributed by atoms with Crippen molar-refractivity contribution in [2.45, 2.75) is 13.8 Å². The van der Waals surface area contributed by atoms with Gasteiger partial charge in [0.05, 0.1) is 29.8 Å². The molecule has 0 aliphatic rings. The SMILES string of the molecule is Cc1nn(-c2ccccc2)c(C)c1C=NNC(=O)CNc1ccc(F)cc1. The number of anilines is 1. The van der Waals surface area contributed by atoms with Gasteiger partial charge in [0.25, 0.3) is 5.91 Å². The summed E-state index contributed by atoms with van der Waals surface area (Å²) < 4.78 is 14.7. The Morgan fingerprint density at radius 2 is 1.85 bits per heavy atom. The molecule has 0 fully saturated rings. The number of amides is 1. The lowest BCUT2D eigenvalue weighted by molar-refractivity contribution is -0.119. The molecular formula is C20H20FN5O. The van der Waals surface area contributed by atoms with Gasteiger partial charge in [-0.15, -0.1) is 0 Å². The summed E-state index contributed by atoms with van der Waals surface area (Å²) in [6.45, 7) is 3.88. The van der Waals surface area contributed by atoms with Crippen molar-refractivity contribution in [3.05, 3.63) is 77.4 Å². The van der Waals surface area contributed by atoms with Crippen molar-refractivity contribution in [1.82, 2.24) is 15.2 Å². The Kier molecular flexibility index (Phi) is 5.61. The molecule has 0 saturated carbocycles. The van der Waals surface area contributed by atoms with E-state index in [-0.39, 0.29) is 18.3 Å². The van der Waals surface area contributed by atoms with Crippen LogP contribution in [-0.4, -0.2) is 28.4 Å². The van der Waals surface area contributed by atoms with Crippen LogP contribution in [0.15, 0.2) is 59.7 Å². The molecule has 0 saturated heterocycles. The highest BCUT2D eigenvalue weighted by Gasteiger charge is 2.11. The van der Waals surface area contributed by atoms with Gasteiger partial charge in [-0.1, -0.05) is 18.2 Å². The maximum absolute atomic E-state index is 12.9. The van der Waals surface area contributed by atoms with E-state index in [4.69, 9.17) is 0 Å². The van der Waals surface area contributed by atoms with E-state index >= 15 is 0 Å². The van der Waals surface area contributed by atoms with E-state index < -0.39 is 0 Å². The van der Waals surface area contributed by atoms with Crippen LogP contribution in [-0.2, 0) is 4.79 Å². The fourth-order valence-corrected chi connectivity index (χ4v) is 2.62. The van der Waals surface area contributed by atoms with Crippen molar-refractivity contribution in [2.24, 2.45) is 5.10 Å². The molecule has 138 valence electrons. The number of carbonyl (C=O) groups is 1. The molecule has 0 unspecified atom stereocenters. The average Bonchev–Trinajstić information content (AvgIpc) is 2.96. The maximum Gasteiger partial charge on any atom is 0.259 e. The zero-order valence-electron chi connectivity index (χ0n) is 15.1. The molecule has 27 heavy (non-hydrogen) atoms. The quantitative estimate of drug-likeness (QED) is 0.521. The van der Waals surface area contributed by atoms with E-state index in [0.717, 1.165) is 22.6 Å². The second-order valence-corrected chi connectivity index (χ2v) is 5.99. The number of aryl methyl sites for hydroxylation is 1. The van der Waals surface area contributed by atoms with Gasteiger partial charge in [-0.25, -0.2) is 14.5 Å². The third kappa shape index (κ3) is 4.58. The highest BCUT2D eigenvalue weighted by Crippen LogP contribution is 2.16. The van der Waals surface area contributed by atoms with Gasteiger partial charge in [0.15, 0.2) is 0 Å². The molecule has 2 N–H and O–H groups in total. The van der Waals surface area contributed by atoms with Crippen LogP contribution in [0.4, 0.5) is 10.1 Å². The second kappa shape index (κ2) is 8.27. The van der Waals surface area contributed by atoms with Crippen molar-refractivity contribution in [1.29, 1.82) is 0 Å². The molecule has 0 aliphatic heterocycles. The van der Waals surface area contributed by atoms with Crippen LogP contribution in [0.1, 0.15) is 17.0 Å². The van der Waals surface area contributed by atoms with Crippen LogP contribution in [0.5, 0.6) is 0 Å². The van der Waals surface area contributed by atoms with E-state index in [1.165, 1.54) is 12.1 Å². The normalized spacial score (nSPS) is 10.9. The molecule has 0 atom stereocenters. The van der Waals surface area contributed by atoms with Gasteiger partial charge in [0, 0.05) is 11.3 Å². The van der Waals surface area contributed by atoms with Crippen LogP contribution in [0.2, 0.25) is 0 Å². The molecule has 3 rings (SSSR count). The number of benzene rings is 2.